The summed E-state index contributed by atoms with van der Waals surface area (Å²) < 4.78 is 35.3. The molecular weight excluding hydrogens is 554 g/mol. The third kappa shape index (κ3) is 5.37. The highest BCUT2D eigenvalue weighted by atomic mass is 32.2. The highest BCUT2D eigenvalue weighted by Gasteiger charge is 2.29. The molecule has 0 radical (unpaired) electrons. The lowest BCUT2D eigenvalue weighted by Gasteiger charge is -2.34. The smallest absolute Gasteiger partial charge is 0.270 e. The molecule has 0 spiro atoms. The molecule has 10 nitrogen and oxygen atoms in total. The van der Waals surface area contributed by atoms with Crippen LogP contribution in [-0.4, -0.2) is 65.2 Å². The normalized spacial score (nSPS) is 14.7. The van der Waals surface area contributed by atoms with E-state index in [1.165, 1.54) is 10.4 Å². The van der Waals surface area contributed by atoms with E-state index < -0.39 is 14.9 Å². The molecule has 0 atom stereocenters. The quantitative estimate of drug-likeness (QED) is 0.185. The number of pyridine rings is 1. The molecule has 5 aromatic rings. The third-order valence-corrected chi connectivity index (χ3v) is 9.47. The number of nitrogens with zero attached hydrogens (tertiary/aromatic N) is 5. The molecule has 3 aromatic carbocycles. The maximum absolute atomic E-state index is 13.3. The summed E-state index contributed by atoms with van der Waals surface area (Å²) in [6.45, 7) is 2.40. The van der Waals surface area contributed by atoms with Gasteiger partial charge in [0, 0.05) is 56.6 Å². The molecule has 0 amide bonds. The Balaban J connectivity index is 1.29. The second kappa shape index (κ2) is 11.4. The van der Waals surface area contributed by atoms with Crippen molar-refractivity contribution in [1.82, 2.24) is 18.6 Å². The zero-order valence-electron chi connectivity index (χ0n) is 23.0. The van der Waals surface area contributed by atoms with E-state index in [1.54, 1.807) is 43.5 Å². The first-order valence-electron chi connectivity index (χ1n) is 13.5. The van der Waals surface area contributed by atoms with E-state index in [0.29, 0.717) is 38.5 Å². The molecule has 0 unspecified atom stereocenters. The fourth-order valence-electron chi connectivity index (χ4n) is 5.28. The van der Waals surface area contributed by atoms with Gasteiger partial charge < -0.3 is 9.14 Å². The summed E-state index contributed by atoms with van der Waals surface area (Å²) in [5.41, 5.74) is 5.16. The first-order valence-corrected chi connectivity index (χ1v) is 15.0. The molecule has 0 saturated carbocycles. The van der Waals surface area contributed by atoms with E-state index in [1.807, 2.05) is 59.1 Å². The van der Waals surface area contributed by atoms with Crippen molar-refractivity contribution >= 4 is 21.4 Å². The predicted octanol–water partition coefficient (Wildman–Crippen LogP) is 5.09. The molecule has 1 aliphatic heterocycles. The zero-order chi connectivity index (χ0) is 29.3. The number of imidazole rings is 1. The average Bonchev–Trinajstić information content (AvgIpc) is 3.39. The number of rotatable bonds is 8. The van der Waals surface area contributed by atoms with Gasteiger partial charge in [0.2, 0.25) is 10.0 Å². The molecule has 0 aliphatic carbocycles. The van der Waals surface area contributed by atoms with Crippen LogP contribution in [0, 0.1) is 10.1 Å². The van der Waals surface area contributed by atoms with Gasteiger partial charge in [-0.25, -0.2) is 13.4 Å². The lowest BCUT2D eigenvalue weighted by molar-refractivity contribution is -0.384. The first kappa shape index (κ1) is 27.6. The predicted molar refractivity (Wildman–Crippen MR) is 160 cm³/mol. The zero-order valence-corrected chi connectivity index (χ0v) is 23.8. The fraction of sp³-hybridized carbons (Fsp3) is 0.194. The Bertz CT molecular complexity index is 1850. The summed E-state index contributed by atoms with van der Waals surface area (Å²) in [6.07, 6.45) is 1.97. The molecule has 0 N–H and O–H groups in total. The number of fused-ring (bicyclic) bond motifs is 1. The van der Waals surface area contributed by atoms with Crippen LogP contribution in [0.1, 0.15) is 5.69 Å². The van der Waals surface area contributed by atoms with E-state index in [4.69, 9.17) is 9.72 Å². The highest BCUT2D eigenvalue weighted by Crippen LogP contribution is 2.30. The topological polar surface area (TPSA) is 110 Å². The first-order chi connectivity index (χ1) is 20.3. The van der Waals surface area contributed by atoms with Crippen molar-refractivity contribution in [2.75, 3.05) is 33.3 Å². The summed E-state index contributed by atoms with van der Waals surface area (Å²) in [5.74, 6) is 0.606. The van der Waals surface area contributed by atoms with Gasteiger partial charge in [0.05, 0.1) is 28.3 Å². The Hall–Kier alpha value is -4.58. The van der Waals surface area contributed by atoms with E-state index in [0.717, 1.165) is 33.7 Å². The standard InChI is InChI=1S/C31H29N5O5S/c1-41-27-11-13-28(14-12-27)42(39,40)34-18-16-33(17-19-34)22-29-31(23-6-3-2-4-7-23)32-30-15-10-25(21-35(29)30)24-8-5-9-26(20-24)36(37)38/h2-15,20-21H,16-19,22H2,1H3. The Kier molecular flexibility index (Phi) is 7.46. The van der Waals surface area contributed by atoms with Gasteiger partial charge in [0.1, 0.15) is 11.4 Å². The maximum Gasteiger partial charge on any atom is 0.270 e. The van der Waals surface area contributed by atoms with E-state index >= 15 is 0 Å². The van der Waals surface area contributed by atoms with Crippen LogP contribution in [-0.2, 0) is 16.6 Å². The number of methoxy groups -OCH3 is 1. The molecule has 0 bridgehead atoms. The van der Waals surface area contributed by atoms with Crippen LogP contribution in [0.4, 0.5) is 5.69 Å². The Morgan fingerprint density at radius 1 is 0.857 bits per heavy atom. The van der Waals surface area contributed by atoms with Crippen molar-refractivity contribution in [3.8, 4) is 28.1 Å². The van der Waals surface area contributed by atoms with Crippen molar-refractivity contribution in [1.29, 1.82) is 0 Å². The number of sulfonamides is 1. The summed E-state index contributed by atoms with van der Waals surface area (Å²) in [4.78, 5) is 18.4. The minimum Gasteiger partial charge on any atom is -0.497 e. The molecule has 214 valence electrons. The van der Waals surface area contributed by atoms with E-state index in [2.05, 4.69) is 4.90 Å². The second-order valence-electron chi connectivity index (χ2n) is 10.1. The highest BCUT2D eigenvalue weighted by molar-refractivity contribution is 7.89. The number of piperazine rings is 1. The number of ether oxygens (including phenoxy) is 1. The summed E-state index contributed by atoms with van der Waals surface area (Å²) in [5, 5.41) is 11.4. The van der Waals surface area contributed by atoms with Gasteiger partial charge in [-0.3, -0.25) is 15.0 Å². The Morgan fingerprint density at radius 2 is 1.57 bits per heavy atom. The molecule has 1 fully saturated rings. The van der Waals surface area contributed by atoms with Crippen molar-refractivity contribution in [3.63, 3.8) is 0 Å². The largest absolute Gasteiger partial charge is 0.497 e. The van der Waals surface area contributed by atoms with Crippen molar-refractivity contribution in [3.05, 3.63) is 113 Å². The second-order valence-corrected chi connectivity index (χ2v) is 12.0. The van der Waals surface area contributed by atoms with Crippen molar-refractivity contribution < 1.29 is 18.1 Å². The molecule has 42 heavy (non-hydrogen) atoms. The molecule has 11 heteroatoms. The molecular formula is C31H29N5O5S. The van der Waals surface area contributed by atoms with Crippen molar-refractivity contribution in [2.45, 2.75) is 11.4 Å². The van der Waals surface area contributed by atoms with Crippen LogP contribution in [0.15, 0.2) is 102 Å². The SMILES string of the molecule is COc1ccc(S(=O)(=O)N2CCN(Cc3c(-c4ccccc4)nc4ccc(-c5cccc([N+](=O)[O-])c5)cn34)CC2)cc1. The number of nitro groups is 1. The van der Waals surface area contributed by atoms with Gasteiger partial charge in [-0.05, 0) is 47.5 Å². The minimum absolute atomic E-state index is 0.0332. The Morgan fingerprint density at radius 3 is 2.26 bits per heavy atom. The minimum atomic E-state index is -3.62. The number of aromatic nitrogens is 2. The fourth-order valence-corrected chi connectivity index (χ4v) is 6.70. The van der Waals surface area contributed by atoms with Crippen LogP contribution < -0.4 is 4.74 Å². The molecule has 2 aromatic heterocycles. The van der Waals surface area contributed by atoms with Crippen LogP contribution in [0.3, 0.4) is 0 Å². The summed E-state index contributed by atoms with van der Waals surface area (Å²) in [6, 6.07) is 26.8. The van der Waals surface area contributed by atoms with Crippen molar-refractivity contribution in [2.24, 2.45) is 0 Å². The number of nitro benzene ring substituents is 1. The Labute approximate surface area is 243 Å². The van der Waals surface area contributed by atoms with Crippen LogP contribution in [0.25, 0.3) is 28.0 Å². The van der Waals surface area contributed by atoms with Gasteiger partial charge >= 0.3 is 0 Å². The monoisotopic (exact) mass is 583 g/mol. The number of hydrogen-bond donors (Lipinski definition) is 0. The lowest BCUT2D eigenvalue weighted by Crippen LogP contribution is -2.48. The number of hydrogen-bond acceptors (Lipinski definition) is 7. The molecule has 1 saturated heterocycles. The van der Waals surface area contributed by atoms with E-state index in [9.17, 15) is 18.5 Å². The maximum atomic E-state index is 13.3. The molecule has 6 rings (SSSR count). The third-order valence-electron chi connectivity index (χ3n) is 7.56. The lowest BCUT2D eigenvalue weighted by atomic mass is 10.1. The number of non-ortho nitro benzene ring substituents is 1. The number of benzene rings is 3. The van der Waals surface area contributed by atoms with Gasteiger partial charge in [-0.1, -0.05) is 42.5 Å². The van der Waals surface area contributed by atoms with Gasteiger partial charge in [0.25, 0.3) is 5.69 Å². The van der Waals surface area contributed by atoms with Gasteiger partial charge in [0.15, 0.2) is 0 Å². The van der Waals surface area contributed by atoms with Gasteiger partial charge in [-0.2, -0.15) is 4.31 Å². The average molecular weight is 584 g/mol. The van der Waals surface area contributed by atoms with Crippen LogP contribution in [0.2, 0.25) is 0 Å². The van der Waals surface area contributed by atoms with Gasteiger partial charge in [-0.15, -0.1) is 0 Å². The molecule has 3 heterocycles. The molecule has 1 aliphatic rings. The summed E-state index contributed by atoms with van der Waals surface area (Å²) >= 11 is 0. The summed E-state index contributed by atoms with van der Waals surface area (Å²) in [7, 11) is -2.07. The van der Waals surface area contributed by atoms with Crippen LogP contribution >= 0.6 is 0 Å². The van der Waals surface area contributed by atoms with E-state index in [-0.39, 0.29) is 10.6 Å². The van der Waals surface area contributed by atoms with Crippen LogP contribution in [0.5, 0.6) is 5.75 Å².